The second-order valence-electron chi connectivity index (χ2n) is 9.63. The predicted molar refractivity (Wildman–Crippen MR) is 143 cm³/mol. The molecule has 2 heterocycles. The Morgan fingerprint density at radius 2 is 1.67 bits per heavy atom. The van der Waals surface area contributed by atoms with Gasteiger partial charge in [0, 0.05) is 29.8 Å². The number of carbonyl (C=O) groups is 2. The highest BCUT2D eigenvalue weighted by Crippen LogP contribution is 2.45. The second kappa shape index (κ2) is 11.6. The van der Waals surface area contributed by atoms with Gasteiger partial charge in [-0.2, -0.15) is 5.10 Å². The molecule has 0 saturated carbocycles. The molecule has 1 fully saturated rings. The van der Waals surface area contributed by atoms with Gasteiger partial charge in [-0.3, -0.25) is 9.59 Å². The zero-order chi connectivity index (χ0) is 28.3. The van der Waals surface area contributed by atoms with Gasteiger partial charge in [0.15, 0.2) is 11.5 Å². The van der Waals surface area contributed by atoms with E-state index in [4.69, 9.17) is 14.2 Å². The highest BCUT2D eigenvalue weighted by molar-refractivity contribution is 6.46. The third-order valence-corrected chi connectivity index (χ3v) is 6.86. The van der Waals surface area contributed by atoms with Crippen molar-refractivity contribution in [2.75, 3.05) is 48.5 Å². The van der Waals surface area contributed by atoms with E-state index in [2.05, 4.69) is 5.10 Å². The SMILES string of the molecule is COc1cc(C2C(=C([O-])c3cnn(-c4ccccc4)c3C)C(=O)C(=O)N2CCC[NH+](C)C)cc(OC)c1OC. The highest BCUT2D eigenvalue weighted by Gasteiger charge is 2.44. The first kappa shape index (κ1) is 27.7. The van der Waals surface area contributed by atoms with Crippen molar-refractivity contribution in [1.29, 1.82) is 0 Å². The molecule has 2 aromatic carbocycles. The van der Waals surface area contributed by atoms with Crippen LogP contribution in [-0.2, 0) is 9.59 Å². The van der Waals surface area contributed by atoms with Crippen LogP contribution in [0.1, 0.15) is 29.3 Å². The van der Waals surface area contributed by atoms with Gasteiger partial charge in [0.05, 0.1) is 59.9 Å². The van der Waals surface area contributed by atoms with Gasteiger partial charge in [-0.25, -0.2) is 4.68 Å². The highest BCUT2D eigenvalue weighted by atomic mass is 16.5. The number of aromatic nitrogens is 2. The molecule has 0 aliphatic carbocycles. The maximum Gasteiger partial charge on any atom is 0.295 e. The topological polar surface area (TPSA) is 110 Å². The number of ketones is 1. The fourth-order valence-electron chi connectivity index (χ4n) is 4.92. The van der Waals surface area contributed by atoms with Crippen LogP contribution in [0.25, 0.3) is 11.4 Å². The molecule has 10 heteroatoms. The minimum atomic E-state index is -0.928. The van der Waals surface area contributed by atoms with E-state index in [-0.39, 0.29) is 11.1 Å². The normalized spacial score (nSPS) is 16.7. The molecule has 1 unspecified atom stereocenters. The molecule has 1 aliphatic heterocycles. The largest absolute Gasteiger partial charge is 0.872 e. The zero-order valence-electron chi connectivity index (χ0n) is 23.1. The number of likely N-dealkylation sites (tertiary alicyclic amines) is 1. The van der Waals surface area contributed by atoms with E-state index in [0.29, 0.717) is 41.5 Å². The second-order valence-corrected chi connectivity index (χ2v) is 9.63. The van der Waals surface area contributed by atoms with Gasteiger partial charge in [-0.1, -0.05) is 24.0 Å². The first-order valence-corrected chi connectivity index (χ1v) is 12.7. The fourth-order valence-corrected chi connectivity index (χ4v) is 4.92. The lowest BCUT2D eigenvalue weighted by molar-refractivity contribution is -0.858. The van der Waals surface area contributed by atoms with Gasteiger partial charge < -0.3 is 29.1 Å². The Morgan fingerprint density at radius 1 is 1.03 bits per heavy atom. The summed E-state index contributed by atoms with van der Waals surface area (Å²) < 4.78 is 18.2. The number of hydrogen-bond acceptors (Lipinski definition) is 7. The number of nitrogens with zero attached hydrogens (tertiary/aromatic N) is 3. The number of methoxy groups -OCH3 is 3. The van der Waals surface area contributed by atoms with Crippen LogP contribution < -0.4 is 24.2 Å². The Morgan fingerprint density at radius 3 is 2.23 bits per heavy atom. The summed E-state index contributed by atoms with van der Waals surface area (Å²) in [6.45, 7) is 2.85. The Labute approximate surface area is 228 Å². The first-order chi connectivity index (χ1) is 18.7. The Balaban J connectivity index is 1.90. The Kier molecular flexibility index (Phi) is 8.25. The van der Waals surface area contributed by atoms with Crippen molar-refractivity contribution >= 4 is 17.4 Å². The maximum absolute atomic E-state index is 14.0. The van der Waals surface area contributed by atoms with E-state index in [0.717, 1.165) is 12.2 Å². The van der Waals surface area contributed by atoms with Gasteiger partial charge in [0.25, 0.3) is 5.91 Å². The average molecular weight is 535 g/mol. The minimum absolute atomic E-state index is 0.123. The van der Waals surface area contributed by atoms with Gasteiger partial charge in [0.2, 0.25) is 11.5 Å². The lowest BCUT2D eigenvalue weighted by Gasteiger charge is -2.28. The van der Waals surface area contributed by atoms with Crippen LogP contribution >= 0.6 is 0 Å². The van der Waals surface area contributed by atoms with Gasteiger partial charge in [-0.15, -0.1) is 0 Å². The molecule has 206 valence electrons. The maximum atomic E-state index is 14.0. The summed E-state index contributed by atoms with van der Waals surface area (Å²) in [5, 5.41) is 18.4. The van der Waals surface area contributed by atoms with E-state index in [1.165, 1.54) is 37.3 Å². The molecule has 1 aromatic heterocycles. The third-order valence-electron chi connectivity index (χ3n) is 6.86. The Hall–Kier alpha value is -4.31. The van der Waals surface area contributed by atoms with Crippen LogP contribution in [-0.4, -0.2) is 74.9 Å². The predicted octanol–water partition coefficient (Wildman–Crippen LogP) is 0.965. The van der Waals surface area contributed by atoms with Gasteiger partial charge in [-0.05, 0) is 36.8 Å². The van der Waals surface area contributed by atoms with Crippen molar-refractivity contribution < 1.29 is 33.8 Å². The van der Waals surface area contributed by atoms with Crippen molar-refractivity contribution in [1.82, 2.24) is 14.7 Å². The summed E-state index contributed by atoms with van der Waals surface area (Å²) in [5.74, 6) is -0.975. The van der Waals surface area contributed by atoms with E-state index < -0.39 is 23.5 Å². The summed E-state index contributed by atoms with van der Waals surface area (Å²) in [6.07, 6.45) is 2.09. The number of rotatable bonds is 10. The summed E-state index contributed by atoms with van der Waals surface area (Å²) in [6, 6.07) is 11.8. The van der Waals surface area contributed by atoms with Gasteiger partial charge in [0.1, 0.15) is 0 Å². The van der Waals surface area contributed by atoms with Crippen LogP contribution in [0.5, 0.6) is 17.2 Å². The number of Topliss-reactive ketones (excluding diaryl/α,β-unsaturated/α-hetero) is 1. The number of amides is 1. The van der Waals surface area contributed by atoms with Crippen LogP contribution in [0, 0.1) is 6.92 Å². The number of hydrogen-bond donors (Lipinski definition) is 1. The molecule has 0 bridgehead atoms. The molecule has 39 heavy (non-hydrogen) atoms. The molecule has 3 aromatic rings. The number of carbonyl (C=O) groups excluding carboxylic acids is 2. The summed E-state index contributed by atoms with van der Waals surface area (Å²) in [4.78, 5) is 29.5. The van der Waals surface area contributed by atoms with Crippen LogP contribution in [0.4, 0.5) is 0 Å². The van der Waals surface area contributed by atoms with E-state index >= 15 is 0 Å². The smallest absolute Gasteiger partial charge is 0.295 e. The molecule has 0 spiro atoms. The van der Waals surface area contributed by atoms with Crippen molar-refractivity contribution in [3.63, 3.8) is 0 Å². The van der Waals surface area contributed by atoms with Crippen molar-refractivity contribution in [3.05, 3.63) is 71.1 Å². The molecular weight excluding hydrogens is 500 g/mol. The first-order valence-electron chi connectivity index (χ1n) is 12.7. The van der Waals surface area contributed by atoms with E-state index in [1.807, 2.05) is 44.4 Å². The third kappa shape index (κ3) is 5.20. The van der Waals surface area contributed by atoms with Crippen LogP contribution in [0.2, 0.25) is 0 Å². The number of quaternary nitrogens is 1. The number of para-hydroxylation sites is 1. The summed E-state index contributed by atoms with van der Waals surface area (Å²) >= 11 is 0. The monoisotopic (exact) mass is 534 g/mol. The number of benzene rings is 2. The Bertz CT molecular complexity index is 1370. The quantitative estimate of drug-likeness (QED) is 0.234. The van der Waals surface area contributed by atoms with Crippen molar-refractivity contribution in [2.45, 2.75) is 19.4 Å². The zero-order valence-corrected chi connectivity index (χ0v) is 23.1. The van der Waals surface area contributed by atoms with Crippen LogP contribution in [0.3, 0.4) is 0 Å². The molecule has 1 N–H and O–H groups in total. The molecule has 1 atom stereocenters. The molecule has 1 amide bonds. The average Bonchev–Trinajstić information content (AvgIpc) is 3.44. The standard InChI is InChI=1S/C29H34N4O6/c1-18-21(17-30-33(18)20-11-8-7-9-12-20)26(34)24-25(32(29(36)27(24)35)14-10-13-31(2)3)19-15-22(37-4)28(39-6)23(16-19)38-5/h7-9,11-12,15-17,25,34H,10,13-14H2,1-6H3. The minimum Gasteiger partial charge on any atom is -0.872 e. The summed E-state index contributed by atoms with van der Waals surface area (Å²) in [7, 11) is 8.50. The molecule has 1 aliphatic rings. The molecular formula is C29H34N4O6. The lowest BCUT2D eigenvalue weighted by atomic mass is 9.94. The van der Waals surface area contributed by atoms with E-state index in [9.17, 15) is 14.7 Å². The van der Waals surface area contributed by atoms with Crippen molar-refractivity contribution in [3.8, 4) is 22.9 Å². The molecule has 0 radical (unpaired) electrons. The summed E-state index contributed by atoms with van der Waals surface area (Å²) in [5.41, 5.74) is 1.99. The van der Waals surface area contributed by atoms with Crippen molar-refractivity contribution in [2.24, 2.45) is 0 Å². The lowest BCUT2D eigenvalue weighted by Crippen LogP contribution is -3.05. The molecule has 1 saturated heterocycles. The van der Waals surface area contributed by atoms with Gasteiger partial charge >= 0.3 is 0 Å². The number of ether oxygens (including phenoxy) is 3. The van der Waals surface area contributed by atoms with Crippen LogP contribution in [0.15, 0.2) is 54.2 Å². The van der Waals surface area contributed by atoms with E-state index in [1.54, 1.807) is 23.7 Å². The number of nitrogens with one attached hydrogen (secondary N) is 1. The molecule has 10 nitrogen and oxygen atoms in total. The fraction of sp³-hybridized carbons (Fsp3) is 0.345. The molecule has 4 rings (SSSR count).